The molecule has 0 aliphatic carbocycles. The van der Waals surface area contributed by atoms with Crippen molar-refractivity contribution in [3.8, 4) is 11.5 Å². The first-order chi connectivity index (χ1) is 18.3. The van der Waals surface area contributed by atoms with Crippen LogP contribution in [0.3, 0.4) is 0 Å². The van der Waals surface area contributed by atoms with Crippen LogP contribution in [0, 0.1) is 5.82 Å². The molecule has 1 saturated heterocycles. The molecule has 1 heterocycles. The summed E-state index contributed by atoms with van der Waals surface area (Å²) in [6.45, 7) is 1.72. The molecule has 3 amide bonds. The minimum Gasteiger partial charge on any atom is -0.490 e. The van der Waals surface area contributed by atoms with Gasteiger partial charge < -0.3 is 14.8 Å². The van der Waals surface area contributed by atoms with Crippen LogP contribution < -0.4 is 25.0 Å². The maximum atomic E-state index is 13.2. The molecule has 1 fully saturated rings. The second-order valence-electron chi connectivity index (χ2n) is 7.90. The summed E-state index contributed by atoms with van der Waals surface area (Å²) in [4.78, 5) is 39.5. The molecule has 0 atom stereocenters. The fourth-order valence-electron chi connectivity index (χ4n) is 3.58. The zero-order valence-corrected chi connectivity index (χ0v) is 22.4. The lowest BCUT2D eigenvalue weighted by Crippen LogP contribution is -2.54. The highest BCUT2D eigenvalue weighted by molar-refractivity contribution is 9.10. The van der Waals surface area contributed by atoms with Gasteiger partial charge in [0.05, 0.1) is 16.8 Å². The lowest BCUT2D eigenvalue weighted by molar-refractivity contribution is -0.122. The molecule has 1 aliphatic heterocycles. The third-order valence-corrected chi connectivity index (χ3v) is 6.11. The quantitative estimate of drug-likeness (QED) is 0.219. The smallest absolute Gasteiger partial charge is 0.270 e. The van der Waals surface area contributed by atoms with Crippen molar-refractivity contribution in [3.63, 3.8) is 0 Å². The minimum atomic E-state index is -0.626. The van der Waals surface area contributed by atoms with Gasteiger partial charge in [0.25, 0.3) is 17.7 Å². The van der Waals surface area contributed by atoms with E-state index in [9.17, 15) is 18.8 Å². The maximum Gasteiger partial charge on any atom is 0.270 e. The first-order valence-electron chi connectivity index (χ1n) is 11.4. The summed E-state index contributed by atoms with van der Waals surface area (Å²) < 4.78 is 24.9. The van der Waals surface area contributed by atoms with Crippen LogP contribution in [0.5, 0.6) is 11.5 Å². The predicted octanol–water partition coefficient (Wildman–Crippen LogP) is 4.84. The van der Waals surface area contributed by atoms with Gasteiger partial charge in [-0.2, -0.15) is 0 Å². The van der Waals surface area contributed by atoms with E-state index < -0.39 is 23.5 Å². The Hall–Kier alpha value is -4.09. The van der Waals surface area contributed by atoms with E-state index >= 15 is 0 Å². The number of benzene rings is 3. The second kappa shape index (κ2) is 12.0. The summed E-state index contributed by atoms with van der Waals surface area (Å²) in [5, 5.41) is 5.15. The summed E-state index contributed by atoms with van der Waals surface area (Å²) in [6, 6.07) is 17.3. The predicted molar refractivity (Wildman–Crippen MR) is 148 cm³/mol. The molecule has 0 bridgehead atoms. The zero-order valence-electron chi connectivity index (χ0n) is 20.0. The number of nitrogens with zero attached hydrogens (tertiary/aromatic N) is 1. The Labute approximate surface area is 231 Å². The average molecular weight is 598 g/mol. The van der Waals surface area contributed by atoms with Crippen molar-refractivity contribution in [3.05, 3.63) is 88.2 Å². The SMILES string of the molecule is CCOc1cc(/C=C2/C(=O)NC(=S)N(c3ccccc3)C2=O)cc(Br)c1OCC(=O)Nc1ccc(F)cc1. The van der Waals surface area contributed by atoms with Gasteiger partial charge in [-0.15, -0.1) is 0 Å². The Bertz CT molecular complexity index is 1430. The van der Waals surface area contributed by atoms with Crippen LogP contribution >= 0.6 is 28.1 Å². The number of thiocarbonyl (C=S) groups is 1. The molecular formula is C27H21BrFN3O5S. The standard InChI is InChI=1S/C27H21BrFN3O5S/c1-2-36-22-14-16(12-20-25(34)31-27(38)32(26(20)35)19-6-4-3-5-7-19)13-21(28)24(22)37-15-23(33)30-18-10-8-17(29)9-11-18/h3-14H,2,15H2,1H3,(H,30,33)(H,31,34,38)/b20-12-. The van der Waals surface area contributed by atoms with Gasteiger partial charge in [0, 0.05) is 5.69 Å². The van der Waals surface area contributed by atoms with Crippen molar-refractivity contribution in [1.29, 1.82) is 0 Å². The Kier molecular flexibility index (Phi) is 8.49. The molecule has 0 aromatic heterocycles. The summed E-state index contributed by atoms with van der Waals surface area (Å²) in [6.07, 6.45) is 1.42. The van der Waals surface area contributed by atoms with Gasteiger partial charge in [-0.05, 0) is 95.2 Å². The number of carbonyl (C=O) groups excluding carboxylic acids is 3. The third-order valence-electron chi connectivity index (χ3n) is 5.23. The fraction of sp³-hybridized carbons (Fsp3) is 0.111. The van der Waals surface area contributed by atoms with Gasteiger partial charge in [0.1, 0.15) is 11.4 Å². The first-order valence-corrected chi connectivity index (χ1v) is 12.6. The molecule has 38 heavy (non-hydrogen) atoms. The summed E-state index contributed by atoms with van der Waals surface area (Å²) in [5.74, 6) is -1.52. The molecule has 3 aromatic rings. The number of amides is 3. The molecule has 0 unspecified atom stereocenters. The number of anilines is 2. The number of hydrogen-bond acceptors (Lipinski definition) is 6. The molecule has 194 valence electrons. The number of ether oxygens (including phenoxy) is 2. The van der Waals surface area contributed by atoms with E-state index in [4.69, 9.17) is 21.7 Å². The number of halogens is 2. The van der Waals surface area contributed by atoms with Crippen molar-refractivity contribution in [2.45, 2.75) is 6.92 Å². The molecule has 0 saturated carbocycles. The van der Waals surface area contributed by atoms with Gasteiger partial charge in [0.15, 0.2) is 23.2 Å². The Morgan fingerprint density at radius 2 is 1.82 bits per heavy atom. The minimum absolute atomic E-state index is 0.0119. The number of para-hydroxylation sites is 1. The van der Waals surface area contributed by atoms with Gasteiger partial charge in [-0.1, -0.05) is 18.2 Å². The molecular weight excluding hydrogens is 577 g/mol. The lowest BCUT2D eigenvalue weighted by Gasteiger charge is -2.28. The van der Waals surface area contributed by atoms with E-state index in [0.717, 1.165) is 0 Å². The molecule has 4 rings (SSSR count). The highest BCUT2D eigenvalue weighted by Gasteiger charge is 2.34. The van der Waals surface area contributed by atoms with Crippen LogP contribution in [0.15, 0.2) is 76.8 Å². The highest BCUT2D eigenvalue weighted by atomic mass is 79.9. The van der Waals surface area contributed by atoms with Crippen LogP contribution in [0.1, 0.15) is 12.5 Å². The van der Waals surface area contributed by atoms with Crippen LogP contribution in [0.2, 0.25) is 0 Å². The molecule has 8 nitrogen and oxygen atoms in total. The maximum absolute atomic E-state index is 13.2. The Morgan fingerprint density at radius 1 is 1.11 bits per heavy atom. The molecule has 1 aliphatic rings. The molecule has 2 N–H and O–H groups in total. The lowest BCUT2D eigenvalue weighted by atomic mass is 10.1. The van der Waals surface area contributed by atoms with Crippen molar-refractivity contribution >= 4 is 68.4 Å². The molecule has 3 aromatic carbocycles. The van der Waals surface area contributed by atoms with E-state index in [0.29, 0.717) is 33.8 Å². The number of rotatable bonds is 8. The number of nitrogens with one attached hydrogen (secondary N) is 2. The van der Waals surface area contributed by atoms with Gasteiger partial charge in [-0.25, -0.2) is 4.39 Å². The van der Waals surface area contributed by atoms with Crippen molar-refractivity contribution in [2.75, 3.05) is 23.4 Å². The van der Waals surface area contributed by atoms with Crippen LogP contribution in [-0.2, 0) is 14.4 Å². The van der Waals surface area contributed by atoms with Crippen LogP contribution in [0.4, 0.5) is 15.8 Å². The zero-order chi connectivity index (χ0) is 27.2. The molecule has 11 heteroatoms. The van der Waals surface area contributed by atoms with Crippen LogP contribution in [0.25, 0.3) is 6.08 Å². The van der Waals surface area contributed by atoms with E-state index in [-0.39, 0.29) is 23.0 Å². The first kappa shape index (κ1) is 27.0. The van der Waals surface area contributed by atoms with E-state index in [1.807, 2.05) is 0 Å². The van der Waals surface area contributed by atoms with E-state index in [1.165, 1.54) is 35.2 Å². The van der Waals surface area contributed by atoms with Gasteiger partial charge in [-0.3, -0.25) is 24.6 Å². The summed E-state index contributed by atoms with van der Waals surface area (Å²) in [7, 11) is 0. The van der Waals surface area contributed by atoms with E-state index in [1.54, 1.807) is 49.4 Å². The van der Waals surface area contributed by atoms with Gasteiger partial charge in [0.2, 0.25) is 0 Å². The van der Waals surface area contributed by atoms with Crippen LogP contribution in [-0.4, -0.2) is 36.0 Å². The Morgan fingerprint density at radius 3 is 2.50 bits per heavy atom. The number of carbonyl (C=O) groups is 3. The largest absolute Gasteiger partial charge is 0.490 e. The second-order valence-corrected chi connectivity index (χ2v) is 9.14. The fourth-order valence-corrected chi connectivity index (χ4v) is 4.43. The topological polar surface area (TPSA) is 97.0 Å². The third kappa shape index (κ3) is 6.24. The van der Waals surface area contributed by atoms with E-state index in [2.05, 4.69) is 26.6 Å². The van der Waals surface area contributed by atoms with Crippen molar-refractivity contribution in [2.24, 2.45) is 0 Å². The normalized spacial score (nSPS) is 14.3. The highest BCUT2D eigenvalue weighted by Crippen LogP contribution is 2.38. The van der Waals surface area contributed by atoms with Crippen molar-refractivity contribution < 1.29 is 28.2 Å². The Balaban J connectivity index is 1.57. The average Bonchev–Trinajstić information content (AvgIpc) is 2.88. The summed E-state index contributed by atoms with van der Waals surface area (Å²) in [5.41, 5.74) is 1.30. The molecule has 0 radical (unpaired) electrons. The molecule has 0 spiro atoms. The number of hydrogen-bond donors (Lipinski definition) is 2. The summed E-state index contributed by atoms with van der Waals surface area (Å²) >= 11 is 8.65. The monoisotopic (exact) mass is 597 g/mol. The van der Waals surface area contributed by atoms with Crippen molar-refractivity contribution in [1.82, 2.24) is 5.32 Å². The van der Waals surface area contributed by atoms with Gasteiger partial charge >= 0.3 is 0 Å².